The average Bonchev–Trinajstić information content (AvgIpc) is 2.93. The van der Waals surface area contributed by atoms with Crippen LogP contribution in [0.2, 0.25) is 0 Å². The Hall–Kier alpha value is -1.26. The summed E-state index contributed by atoms with van der Waals surface area (Å²) in [5, 5.41) is 3.21. The lowest BCUT2D eigenvalue weighted by atomic mass is 10.2. The first-order chi connectivity index (χ1) is 8.77. The molecule has 5 heteroatoms. The molecule has 0 aliphatic carbocycles. The fourth-order valence-electron chi connectivity index (χ4n) is 2.09. The van der Waals surface area contributed by atoms with Crippen molar-refractivity contribution >= 4 is 18.3 Å². The first-order valence-electron chi connectivity index (χ1n) is 6.43. The number of hydrogen-bond acceptors (Lipinski definition) is 3. The van der Waals surface area contributed by atoms with Crippen LogP contribution in [-0.2, 0) is 4.79 Å². The van der Waals surface area contributed by atoms with Gasteiger partial charge in [-0.25, -0.2) is 0 Å². The smallest absolute Gasteiger partial charge is 0.239 e. The van der Waals surface area contributed by atoms with Crippen molar-refractivity contribution < 1.29 is 9.53 Å². The van der Waals surface area contributed by atoms with Crippen LogP contribution in [0.15, 0.2) is 30.3 Å². The number of ether oxygens (including phenoxy) is 1. The van der Waals surface area contributed by atoms with Crippen molar-refractivity contribution in [1.29, 1.82) is 0 Å². The molecule has 1 aliphatic heterocycles. The Balaban J connectivity index is 0.00000180. The highest BCUT2D eigenvalue weighted by Crippen LogP contribution is 2.09. The van der Waals surface area contributed by atoms with E-state index in [0.717, 1.165) is 25.1 Å². The lowest BCUT2D eigenvalue weighted by molar-refractivity contribution is -0.132. The molecular formula is C14H21ClN2O2. The molecule has 1 amide bonds. The third-order valence-corrected chi connectivity index (χ3v) is 3.17. The minimum atomic E-state index is 0. The van der Waals surface area contributed by atoms with Crippen LogP contribution < -0.4 is 10.1 Å². The van der Waals surface area contributed by atoms with Gasteiger partial charge >= 0.3 is 0 Å². The number of amides is 1. The summed E-state index contributed by atoms with van der Waals surface area (Å²) >= 11 is 0. The van der Waals surface area contributed by atoms with E-state index >= 15 is 0 Å². The Morgan fingerprint density at radius 3 is 2.79 bits per heavy atom. The van der Waals surface area contributed by atoms with Crippen molar-refractivity contribution in [3.8, 4) is 5.75 Å². The van der Waals surface area contributed by atoms with Crippen molar-refractivity contribution in [3.05, 3.63) is 30.3 Å². The third-order valence-electron chi connectivity index (χ3n) is 3.17. The van der Waals surface area contributed by atoms with E-state index in [1.54, 1.807) is 4.90 Å². The Labute approximate surface area is 120 Å². The zero-order valence-corrected chi connectivity index (χ0v) is 12.0. The first kappa shape index (κ1) is 15.8. The van der Waals surface area contributed by atoms with Crippen LogP contribution in [0, 0.1) is 0 Å². The van der Waals surface area contributed by atoms with Gasteiger partial charge in [-0.3, -0.25) is 4.79 Å². The van der Waals surface area contributed by atoms with Gasteiger partial charge in [-0.05, 0) is 31.5 Å². The van der Waals surface area contributed by atoms with E-state index < -0.39 is 0 Å². The summed E-state index contributed by atoms with van der Waals surface area (Å²) in [4.78, 5) is 13.7. The maximum Gasteiger partial charge on any atom is 0.239 e. The summed E-state index contributed by atoms with van der Waals surface area (Å²) in [6.45, 7) is 2.09. The van der Waals surface area contributed by atoms with Gasteiger partial charge in [0.05, 0.1) is 12.6 Å². The number of halogens is 1. The molecule has 1 atom stereocenters. The Morgan fingerprint density at radius 1 is 1.42 bits per heavy atom. The van der Waals surface area contributed by atoms with Gasteiger partial charge in [-0.1, -0.05) is 18.2 Å². The molecule has 2 rings (SSSR count). The zero-order valence-electron chi connectivity index (χ0n) is 11.2. The summed E-state index contributed by atoms with van der Waals surface area (Å²) in [5.74, 6) is 1.02. The highest BCUT2D eigenvalue weighted by atomic mass is 35.5. The predicted octanol–water partition coefficient (Wildman–Crippen LogP) is 1.70. The number of benzene rings is 1. The fourth-order valence-corrected chi connectivity index (χ4v) is 2.09. The van der Waals surface area contributed by atoms with E-state index in [4.69, 9.17) is 4.74 Å². The summed E-state index contributed by atoms with van der Waals surface area (Å²) in [6.07, 6.45) is 2.04. The SMILES string of the molecule is CN(CCOc1ccccc1)C(=O)[C@@H]1CCCN1.Cl. The Kier molecular flexibility index (Phi) is 6.67. The molecule has 1 N–H and O–H groups in total. The number of carbonyl (C=O) groups is 1. The van der Waals surface area contributed by atoms with E-state index in [0.29, 0.717) is 13.2 Å². The fraction of sp³-hybridized carbons (Fsp3) is 0.500. The minimum Gasteiger partial charge on any atom is -0.492 e. The molecule has 1 fully saturated rings. The van der Waals surface area contributed by atoms with Crippen LogP contribution in [0.4, 0.5) is 0 Å². The van der Waals surface area contributed by atoms with E-state index in [1.165, 1.54) is 0 Å². The molecule has 106 valence electrons. The Morgan fingerprint density at radius 2 is 2.16 bits per heavy atom. The molecule has 1 aromatic rings. The number of nitrogens with zero attached hydrogens (tertiary/aromatic N) is 1. The monoisotopic (exact) mass is 284 g/mol. The van der Waals surface area contributed by atoms with Crippen LogP contribution in [-0.4, -0.2) is 43.6 Å². The van der Waals surface area contributed by atoms with Crippen LogP contribution in [0.25, 0.3) is 0 Å². The molecule has 1 aromatic carbocycles. The van der Waals surface area contributed by atoms with Gasteiger partial charge in [0.15, 0.2) is 0 Å². The van der Waals surface area contributed by atoms with Crippen LogP contribution in [0.3, 0.4) is 0 Å². The highest BCUT2D eigenvalue weighted by molar-refractivity contribution is 5.85. The lowest BCUT2D eigenvalue weighted by Crippen LogP contribution is -2.43. The second kappa shape index (κ2) is 8.02. The van der Waals surface area contributed by atoms with Gasteiger partial charge in [-0.2, -0.15) is 0 Å². The summed E-state index contributed by atoms with van der Waals surface area (Å²) < 4.78 is 5.58. The van der Waals surface area contributed by atoms with Crippen LogP contribution in [0.1, 0.15) is 12.8 Å². The average molecular weight is 285 g/mol. The second-order valence-corrected chi connectivity index (χ2v) is 4.57. The molecule has 19 heavy (non-hydrogen) atoms. The molecule has 4 nitrogen and oxygen atoms in total. The number of para-hydroxylation sites is 1. The van der Waals surface area contributed by atoms with Gasteiger partial charge in [-0.15, -0.1) is 12.4 Å². The lowest BCUT2D eigenvalue weighted by Gasteiger charge is -2.21. The summed E-state index contributed by atoms with van der Waals surface area (Å²) in [7, 11) is 1.83. The van der Waals surface area contributed by atoms with E-state index in [2.05, 4.69) is 5.32 Å². The van der Waals surface area contributed by atoms with Gasteiger partial charge in [0.25, 0.3) is 0 Å². The molecule has 0 spiro atoms. The number of hydrogen-bond donors (Lipinski definition) is 1. The Bertz CT molecular complexity index is 380. The quantitative estimate of drug-likeness (QED) is 0.895. The number of likely N-dealkylation sites (N-methyl/N-ethyl adjacent to an activating group) is 1. The number of carbonyl (C=O) groups excluding carboxylic acids is 1. The van der Waals surface area contributed by atoms with Crippen molar-refractivity contribution in [2.75, 3.05) is 26.7 Å². The second-order valence-electron chi connectivity index (χ2n) is 4.57. The molecule has 0 unspecified atom stereocenters. The molecule has 1 heterocycles. The van der Waals surface area contributed by atoms with Crippen molar-refractivity contribution in [3.63, 3.8) is 0 Å². The van der Waals surface area contributed by atoms with Gasteiger partial charge in [0.2, 0.25) is 5.91 Å². The molecule has 0 radical (unpaired) electrons. The summed E-state index contributed by atoms with van der Waals surface area (Å²) in [5.41, 5.74) is 0. The third kappa shape index (κ3) is 4.73. The molecule has 1 saturated heterocycles. The van der Waals surface area contributed by atoms with Gasteiger partial charge in [0.1, 0.15) is 12.4 Å². The maximum atomic E-state index is 12.0. The first-order valence-corrected chi connectivity index (χ1v) is 6.43. The van der Waals surface area contributed by atoms with E-state index in [9.17, 15) is 4.79 Å². The zero-order chi connectivity index (χ0) is 12.8. The predicted molar refractivity (Wildman–Crippen MR) is 77.8 cm³/mol. The van der Waals surface area contributed by atoms with Gasteiger partial charge < -0.3 is 15.0 Å². The standard InChI is InChI=1S/C14H20N2O2.ClH/c1-16(14(17)13-8-5-9-15-13)10-11-18-12-6-3-2-4-7-12;/h2-4,6-7,13,15H,5,8-11H2,1H3;1H/t13-;/m0./s1. The van der Waals surface area contributed by atoms with Crippen molar-refractivity contribution in [2.45, 2.75) is 18.9 Å². The summed E-state index contributed by atoms with van der Waals surface area (Å²) in [6, 6.07) is 9.67. The van der Waals surface area contributed by atoms with Gasteiger partial charge in [0, 0.05) is 7.05 Å². The van der Waals surface area contributed by atoms with Crippen LogP contribution in [0.5, 0.6) is 5.75 Å². The molecule has 0 saturated carbocycles. The minimum absolute atomic E-state index is 0. The molecule has 0 bridgehead atoms. The molecule has 0 aromatic heterocycles. The highest BCUT2D eigenvalue weighted by Gasteiger charge is 2.24. The number of nitrogens with one attached hydrogen (secondary N) is 1. The maximum absolute atomic E-state index is 12.0. The van der Waals surface area contributed by atoms with Crippen molar-refractivity contribution in [2.24, 2.45) is 0 Å². The molecular weight excluding hydrogens is 264 g/mol. The topological polar surface area (TPSA) is 41.6 Å². The largest absolute Gasteiger partial charge is 0.492 e. The van der Waals surface area contributed by atoms with Crippen molar-refractivity contribution in [1.82, 2.24) is 10.2 Å². The van der Waals surface area contributed by atoms with Crippen LogP contribution >= 0.6 is 12.4 Å². The molecule has 1 aliphatic rings. The van der Waals surface area contributed by atoms with E-state index in [-0.39, 0.29) is 24.4 Å². The normalized spacial score (nSPS) is 17.6. The number of rotatable bonds is 5. The van der Waals surface area contributed by atoms with E-state index in [1.807, 2.05) is 37.4 Å².